The van der Waals surface area contributed by atoms with E-state index in [4.69, 9.17) is 11.6 Å². The largest absolute Gasteiger partial charge is 0.396 e. The van der Waals surface area contributed by atoms with Crippen LogP contribution in [0.25, 0.3) is 10.9 Å². The molecule has 3 aromatic rings. The second kappa shape index (κ2) is 6.61. The van der Waals surface area contributed by atoms with Gasteiger partial charge in [0.2, 0.25) is 0 Å². The quantitative estimate of drug-likeness (QED) is 0.595. The number of halogens is 1. The number of hydrogen-bond donors (Lipinski definition) is 3. The van der Waals surface area contributed by atoms with E-state index in [1.54, 1.807) is 18.3 Å². The van der Waals surface area contributed by atoms with Crippen LogP contribution in [0.2, 0.25) is 5.02 Å². The van der Waals surface area contributed by atoms with Crippen molar-refractivity contribution < 1.29 is 13.5 Å². The first-order valence-corrected chi connectivity index (χ1v) is 9.91. The molecule has 0 aliphatic rings. The average Bonchev–Trinajstić information content (AvgIpc) is 3.18. The van der Waals surface area contributed by atoms with E-state index in [1.807, 2.05) is 20.8 Å². The first-order valence-electron chi connectivity index (χ1n) is 8.05. The Labute approximate surface area is 157 Å². The molecular weight excluding hydrogens is 376 g/mol. The molecule has 0 radical (unpaired) electrons. The first kappa shape index (κ1) is 18.8. The van der Waals surface area contributed by atoms with Crippen LogP contribution in [-0.4, -0.2) is 34.9 Å². The van der Waals surface area contributed by atoms with Crippen LogP contribution >= 0.6 is 11.6 Å². The summed E-state index contributed by atoms with van der Waals surface area (Å²) in [6, 6.07) is 3.28. The minimum Gasteiger partial charge on any atom is -0.396 e. The summed E-state index contributed by atoms with van der Waals surface area (Å²) in [7, 11) is -3.81. The van der Waals surface area contributed by atoms with Crippen molar-refractivity contribution in [2.24, 2.45) is 5.41 Å². The molecule has 0 aliphatic heterocycles. The van der Waals surface area contributed by atoms with Crippen LogP contribution in [-0.2, 0) is 16.6 Å². The molecular formula is C17H21ClN4O3S. The number of hydrogen-bond acceptors (Lipinski definition) is 4. The lowest BCUT2D eigenvalue weighted by atomic mass is 9.95. The number of H-pyrrole nitrogens is 1. The molecule has 0 aliphatic carbocycles. The number of aromatic amines is 1. The molecule has 3 N–H and O–H groups in total. The van der Waals surface area contributed by atoms with Gasteiger partial charge in [-0.25, -0.2) is 8.42 Å². The molecule has 2 aromatic heterocycles. The molecule has 0 amide bonds. The monoisotopic (exact) mass is 396 g/mol. The lowest BCUT2D eigenvalue weighted by molar-refractivity contribution is 0.136. The summed E-state index contributed by atoms with van der Waals surface area (Å²) in [6.07, 6.45) is 4.53. The molecule has 0 fully saturated rings. The van der Waals surface area contributed by atoms with Crippen molar-refractivity contribution in [3.05, 3.63) is 41.3 Å². The highest BCUT2D eigenvalue weighted by Gasteiger charge is 2.22. The van der Waals surface area contributed by atoms with Crippen molar-refractivity contribution in [1.29, 1.82) is 0 Å². The van der Waals surface area contributed by atoms with Crippen molar-refractivity contribution in [3.8, 4) is 0 Å². The van der Waals surface area contributed by atoms with Gasteiger partial charge in [0.05, 0.1) is 22.4 Å². The molecule has 140 valence electrons. The number of nitrogens with one attached hydrogen (secondary N) is 2. The highest BCUT2D eigenvalue weighted by molar-refractivity contribution is 7.92. The second-order valence-corrected chi connectivity index (χ2v) is 9.21. The van der Waals surface area contributed by atoms with Gasteiger partial charge >= 0.3 is 0 Å². The van der Waals surface area contributed by atoms with E-state index < -0.39 is 15.4 Å². The average molecular weight is 397 g/mol. The van der Waals surface area contributed by atoms with E-state index in [0.29, 0.717) is 22.8 Å². The zero-order valence-corrected chi connectivity index (χ0v) is 16.3. The number of fused-ring (bicyclic) bond motifs is 1. The first-order chi connectivity index (χ1) is 12.1. The molecule has 7 nitrogen and oxygen atoms in total. The number of aliphatic hydroxyl groups excluding tert-OH is 1. The Balaban J connectivity index is 1.91. The van der Waals surface area contributed by atoms with Gasteiger partial charge in [0.1, 0.15) is 4.90 Å². The Bertz CT molecular complexity index is 1050. The van der Waals surface area contributed by atoms with Crippen molar-refractivity contribution in [2.75, 3.05) is 11.3 Å². The fraction of sp³-hybridized carbons (Fsp3) is 0.353. The summed E-state index contributed by atoms with van der Waals surface area (Å²) in [5.41, 5.74) is 1.59. The molecule has 2 heterocycles. The Morgan fingerprint density at radius 3 is 2.81 bits per heavy atom. The maximum Gasteiger partial charge on any atom is 0.265 e. The van der Waals surface area contributed by atoms with Crippen molar-refractivity contribution in [1.82, 2.24) is 14.8 Å². The Hall–Kier alpha value is -2.03. The van der Waals surface area contributed by atoms with Gasteiger partial charge in [-0.2, -0.15) is 5.10 Å². The molecule has 0 spiro atoms. The number of aromatic nitrogens is 3. The Kier molecular flexibility index (Phi) is 4.76. The number of anilines is 1. The minimum absolute atomic E-state index is 0.0257. The van der Waals surface area contributed by atoms with E-state index in [1.165, 1.54) is 17.1 Å². The van der Waals surface area contributed by atoms with Gasteiger partial charge in [0, 0.05) is 36.3 Å². The van der Waals surface area contributed by atoms with Gasteiger partial charge in [0.15, 0.2) is 0 Å². The predicted molar refractivity (Wildman–Crippen MR) is 102 cm³/mol. The van der Waals surface area contributed by atoms with Gasteiger partial charge in [0.25, 0.3) is 10.0 Å². The summed E-state index contributed by atoms with van der Waals surface area (Å²) in [6.45, 7) is 6.02. The zero-order valence-electron chi connectivity index (χ0n) is 14.7. The van der Waals surface area contributed by atoms with Crippen LogP contribution in [0.3, 0.4) is 0 Å². The lowest BCUT2D eigenvalue weighted by Crippen LogP contribution is -2.24. The normalized spacial score (nSPS) is 12.7. The third-order valence-corrected chi connectivity index (χ3v) is 5.80. The summed E-state index contributed by atoms with van der Waals surface area (Å²) in [5, 5.41) is 14.8. The Morgan fingerprint density at radius 2 is 2.12 bits per heavy atom. The summed E-state index contributed by atoms with van der Waals surface area (Å²) >= 11 is 6.21. The molecule has 0 saturated heterocycles. The van der Waals surface area contributed by atoms with Gasteiger partial charge in [-0.3, -0.25) is 9.40 Å². The van der Waals surface area contributed by atoms with E-state index in [2.05, 4.69) is 14.8 Å². The number of sulfonamides is 1. The van der Waals surface area contributed by atoms with Gasteiger partial charge in [-0.15, -0.1) is 0 Å². The van der Waals surface area contributed by atoms with Gasteiger partial charge < -0.3 is 10.1 Å². The van der Waals surface area contributed by atoms with Crippen molar-refractivity contribution in [2.45, 2.75) is 32.2 Å². The number of aryl methyl sites for hydroxylation is 1. The van der Waals surface area contributed by atoms with Crippen molar-refractivity contribution >= 4 is 38.2 Å². The van der Waals surface area contributed by atoms with E-state index in [-0.39, 0.29) is 11.5 Å². The molecule has 26 heavy (non-hydrogen) atoms. The third-order valence-electron chi connectivity index (χ3n) is 4.16. The highest BCUT2D eigenvalue weighted by atomic mass is 35.5. The summed E-state index contributed by atoms with van der Waals surface area (Å²) < 4.78 is 29.6. The van der Waals surface area contributed by atoms with E-state index >= 15 is 0 Å². The molecule has 0 unspecified atom stereocenters. The summed E-state index contributed by atoms with van der Waals surface area (Å²) in [5.74, 6) is 0. The highest BCUT2D eigenvalue weighted by Crippen LogP contribution is 2.32. The van der Waals surface area contributed by atoms with Gasteiger partial charge in [-0.05, 0) is 24.6 Å². The number of nitrogens with zero attached hydrogens (tertiary/aromatic N) is 2. The van der Waals surface area contributed by atoms with Crippen LogP contribution in [0.15, 0.2) is 35.6 Å². The fourth-order valence-electron chi connectivity index (χ4n) is 2.71. The van der Waals surface area contributed by atoms with Crippen LogP contribution in [0.4, 0.5) is 5.69 Å². The van der Waals surface area contributed by atoms with Crippen LogP contribution in [0.5, 0.6) is 0 Å². The molecule has 9 heteroatoms. The Morgan fingerprint density at radius 1 is 1.38 bits per heavy atom. The molecule has 1 aromatic carbocycles. The zero-order chi connectivity index (χ0) is 19.1. The van der Waals surface area contributed by atoms with Crippen LogP contribution < -0.4 is 4.72 Å². The summed E-state index contributed by atoms with van der Waals surface area (Å²) in [4.78, 5) is 3.11. The minimum atomic E-state index is -3.81. The van der Waals surface area contributed by atoms with Gasteiger partial charge in [-0.1, -0.05) is 25.4 Å². The number of aliphatic hydroxyl groups is 1. The lowest BCUT2D eigenvalue weighted by Gasteiger charge is -2.20. The predicted octanol–water partition coefficient (Wildman–Crippen LogP) is 3.15. The molecule has 0 bridgehead atoms. The van der Waals surface area contributed by atoms with Crippen LogP contribution in [0.1, 0.15) is 19.4 Å². The van der Waals surface area contributed by atoms with Crippen LogP contribution in [0, 0.1) is 12.3 Å². The van der Waals surface area contributed by atoms with Crippen molar-refractivity contribution in [3.63, 3.8) is 0 Å². The SMILES string of the molecule is Cc1c[nH]c2c(NS(=O)(=O)c3cnn(CC(C)(C)CO)c3)ccc(Cl)c12. The standard InChI is InChI=1S/C17H21ClN4O3S/c1-11-6-19-16-14(5-4-13(18)15(11)16)21-26(24,25)12-7-20-22(8-12)9-17(2,3)10-23/h4-8,19,21,23H,9-10H2,1-3H3. The fourth-order valence-corrected chi connectivity index (χ4v) is 4.04. The number of rotatable bonds is 6. The molecule has 0 atom stereocenters. The third kappa shape index (κ3) is 3.58. The topological polar surface area (TPSA) is 100 Å². The maximum absolute atomic E-state index is 12.7. The maximum atomic E-state index is 12.7. The number of benzene rings is 1. The van der Waals surface area contributed by atoms with E-state index in [9.17, 15) is 13.5 Å². The van der Waals surface area contributed by atoms with E-state index in [0.717, 1.165) is 10.9 Å². The smallest absolute Gasteiger partial charge is 0.265 e. The second-order valence-electron chi connectivity index (χ2n) is 7.12. The molecule has 0 saturated carbocycles. The molecule has 3 rings (SSSR count).